The van der Waals surface area contributed by atoms with Crippen molar-refractivity contribution in [3.8, 4) is 0 Å². The lowest BCUT2D eigenvalue weighted by Crippen LogP contribution is -2.33. The fraction of sp³-hybridized carbons (Fsp3) is 0.267. The molecule has 0 saturated carbocycles. The molecule has 3 aromatic carbocycles. The normalized spacial score (nSPS) is 12.0. The highest BCUT2D eigenvalue weighted by molar-refractivity contribution is 7.95. The first-order valence-electron chi connectivity index (χ1n) is 11.7. The summed E-state index contributed by atoms with van der Waals surface area (Å²) in [6.45, 7) is 2.26. The van der Waals surface area contributed by atoms with Crippen LogP contribution in [0, 0.1) is 0 Å². The first-order chi connectivity index (χ1) is 15.4. The Bertz CT molecular complexity index is 814. The van der Waals surface area contributed by atoms with Crippen LogP contribution in [0.1, 0.15) is 45.4 Å². The van der Waals surface area contributed by atoms with Gasteiger partial charge in [-0.15, -0.1) is 0 Å². The van der Waals surface area contributed by atoms with Crippen LogP contribution in [0.15, 0.2) is 115 Å². The lowest BCUT2D eigenvalue weighted by molar-refractivity contribution is 0.728. The smallest absolute Gasteiger partial charge is 0.0882 e. The molecule has 0 aliphatic heterocycles. The van der Waals surface area contributed by atoms with Crippen LogP contribution >= 0.6 is 7.26 Å². The maximum absolute atomic E-state index is 2.39. The van der Waals surface area contributed by atoms with Crippen molar-refractivity contribution in [3.05, 3.63) is 115 Å². The maximum atomic E-state index is 2.39. The average Bonchev–Trinajstić information content (AvgIpc) is 2.84. The first-order valence-corrected chi connectivity index (χ1v) is 13.7. The molecule has 3 rings (SSSR count). The van der Waals surface area contributed by atoms with E-state index in [-0.39, 0.29) is 0 Å². The summed E-state index contributed by atoms with van der Waals surface area (Å²) in [7, 11) is -1.70. The average molecular weight is 428 g/mol. The summed E-state index contributed by atoms with van der Waals surface area (Å²) in [6, 6.07) is 33.5. The number of benzene rings is 3. The number of unbranched alkanes of at least 4 members (excludes halogenated alkanes) is 3. The quantitative estimate of drug-likeness (QED) is 0.160. The van der Waals surface area contributed by atoms with E-state index in [1.807, 2.05) is 0 Å². The zero-order chi connectivity index (χ0) is 21.6. The summed E-state index contributed by atoms with van der Waals surface area (Å²) in [6.07, 6.45) is 17.8. The van der Waals surface area contributed by atoms with Gasteiger partial charge in [-0.1, -0.05) is 98.7 Å². The topological polar surface area (TPSA) is 0 Å². The molecule has 0 bridgehead atoms. The molecule has 0 atom stereocenters. The third-order valence-corrected chi connectivity index (χ3v) is 10.3. The van der Waals surface area contributed by atoms with Gasteiger partial charge in [-0.2, -0.15) is 0 Å². The molecule has 0 fully saturated rings. The molecule has 0 radical (unpaired) electrons. The van der Waals surface area contributed by atoms with Gasteiger partial charge in [-0.3, -0.25) is 0 Å². The molecule has 31 heavy (non-hydrogen) atoms. The molecular formula is C30H36P+. The predicted molar refractivity (Wildman–Crippen MR) is 142 cm³/mol. The van der Waals surface area contributed by atoms with Crippen LogP contribution in [0.4, 0.5) is 0 Å². The fourth-order valence-electron chi connectivity index (χ4n) is 4.17. The SMILES string of the molecule is CCCCC/C=C\C/C=C\CC[P+](c1ccccc1)(c1ccccc1)c1ccccc1. The van der Waals surface area contributed by atoms with Crippen LogP contribution in [-0.4, -0.2) is 6.16 Å². The highest BCUT2D eigenvalue weighted by atomic mass is 31.2. The van der Waals surface area contributed by atoms with Crippen molar-refractivity contribution >= 4 is 23.2 Å². The van der Waals surface area contributed by atoms with Crippen molar-refractivity contribution in [1.82, 2.24) is 0 Å². The number of hydrogen-bond acceptors (Lipinski definition) is 0. The van der Waals surface area contributed by atoms with Crippen molar-refractivity contribution in [2.45, 2.75) is 45.4 Å². The Labute approximate surface area is 190 Å². The van der Waals surface area contributed by atoms with E-state index < -0.39 is 7.26 Å². The Kier molecular flexibility index (Phi) is 9.81. The van der Waals surface area contributed by atoms with Crippen LogP contribution in [0.5, 0.6) is 0 Å². The van der Waals surface area contributed by atoms with Gasteiger partial charge in [-0.05, 0) is 55.7 Å². The first kappa shape index (κ1) is 23.2. The van der Waals surface area contributed by atoms with Crippen molar-refractivity contribution in [1.29, 1.82) is 0 Å². The molecule has 160 valence electrons. The largest absolute Gasteiger partial charge is 0.112 e. The molecule has 0 aromatic heterocycles. The molecule has 0 amide bonds. The third-order valence-electron chi connectivity index (χ3n) is 5.80. The van der Waals surface area contributed by atoms with Gasteiger partial charge in [-0.25, -0.2) is 0 Å². The summed E-state index contributed by atoms with van der Waals surface area (Å²) in [5.74, 6) is 0. The van der Waals surface area contributed by atoms with Gasteiger partial charge >= 0.3 is 0 Å². The monoisotopic (exact) mass is 427 g/mol. The van der Waals surface area contributed by atoms with Crippen LogP contribution in [0.3, 0.4) is 0 Å². The predicted octanol–water partition coefficient (Wildman–Crippen LogP) is 7.45. The lowest BCUT2D eigenvalue weighted by atomic mass is 10.2. The van der Waals surface area contributed by atoms with E-state index in [0.717, 1.165) is 19.0 Å². The Morgan fingerprint density at radius 2 is 1.00 bits per heavy atom. The summed E-state index contributed by atoms with van der Waals surface area (Å²) in [5.41, 5.74) is 0. The molecule has 0 aliphatic carbocycles. The molecular weight excluding hydrogens is 391 g/mol. The highest BCUT2D eigenvalue weighted by Gasteiger charge is 2.44. The Morgan fingerprint density at radius 3 is 1.45 bits per heavy atom. The van der Waals surface area contributed by atoms with Crippen LogP contribution in [0.2, 0.25) is 0 Å². The Balaban J connectivity index is 1.81. The summed E-state index contributed by atoms with van der Waals surface area (Å²) >= 11 is 0. The van der Waals surface area contributed by atoms with Crippen LogP contribution < -0.4 is 15.9 Å². The second-order valence-electron chi connectivity index (χ2n) is 8.00. The van der Waals surface area contributed by atoms with E-state index in [1.54, 1.807) is 0 Å². The second kappa shape index (κ2) is 13.1. The van der Waals surface area contributed by atoms with E-state index in [4.69, 9.17) is 0 Å². The highest BCUT2D eigenvalue weighted by Crippen LogP contribution is 2.55. The Hall–Kier alpha value is -2.43. The lowest BCUT2D eigenvalue weighted by Gasteiger charge is -2.27. The van der Waals surface area contributed by atoms with E-state index in [9.17, 15) is 0 Å². The zero-order valence-corrected chi connectivity index (χ0v) is 19.8. The molecule has 0 aliphatic rings. The summed E-state index contributed by atoms with van der Waals surface area (Å²) in [5, 5.41) is 4.41. The van der Waals surface area contributed by atoms with E-state index in [0.29, 0.717) is 0 Å². The standard InChI is InChI=1S/C30H36P/c1-2-3-4-5-6-7-8-9-10-20-27-31(28-21-14-11-15-22-28,29-23-16-12-17-24-29)30-25-18-13-19-26-30/h6-7,9-19,21-26H,2-5,8,20,27H2,1H3/q+1/b7-6-,10-9-. The minimum Gasteiger partial charge on any atom is -0.0882 e. The van der Waals surface area contributed by atoms with Crippen molar-refractivity contribution in [3.63, 3.8) is 0 Å². The summed E-state index contributed by atoms with van der Waals surface area (Å²) in [4.78, 5) is 0. The molecule has 0 spiro atoms. The molecule has 0 unspecified atom stereocenters. The molecule has 0 nitrogen and oxygen atoms in total. The van der Waals surface area contributed by atoms with Gasteiger partial charge in [0, 0.05) is 6.42 Å². The van der Waals surface area contributed by atoms with Gasteiger partial charge in [0.2, 0.25) is 0 Å². The third kappa shape index (κ3) is 6.52. The number of rotatable bonds is 12. The molecule has 0 heterocycles. The molecule has 0 saturated heterocycles. The molecule has 1 heteroatoms. The minimum atomic E-state index is -1.70. The number of hydrogen-bond donors (Lipinski definition) is 0. The fourth-order valence-corrected chi connectivity index (χ4v) is 8.42. The second-order valence-corrected chi connectivity index (χ2v) is 11.6. The van der Waals surface area contributed by atoms with E-state index in [2.05, 4.69) is 122 Å². The van der Waals surface area contributed by atoms with Gasteiger partial charge in [0.1, 0.15) is 23.2 Å². The minimum absolute atomic E-state index is 1.04. The van der Waals surface area contributed by atoms with Gasteiger partial charge < -0.3 is 0 Å². The zero-order valence-electron chi connectivity index (χ0n) is 18.9. The van der Waals surface area contributed by atoms with Gasteiger partial charge in [0.25, 0.3) is 0 Å². The van der Waals surface area contributed by atoms with Crippen molar-refractivity contribution in [2.75, 3.05) is 6.16 Å². The molecule has 0 N–H and O–H groups in total. The van der Waals surface area contributed by atoms with E-state index >= 15 is 0 Å². The van der Waals surface area contributed by atoms with Crippen LogP contribution in [-0.2, 0) is 0 Å². The van der Waals surface area contributed by atoms with Crippen LogP contribution in [0.25, 0.3) is 0 Å². The van der Waals surface area contributed by atoms with Gasteiger partial charge in [0.05, 0.1) is 6.16 Å². The molecule has 3 aromatic rings. The van der Waals surface area contributed by atoms with E-state index in [1.165, 1.54) is 41.6 Å². The summed E-state index contributed by atoms with van der Waals surface area (Å²) < 4.78 is 0. The van der Waals surface area contributed by atoms with Gasteiger partial charge in [0.15, 0.2) is 0 Å². The van der Waals surface area contributed by atoms with Crippen molar-refractivity contribution < 1.29 is 0 Å². The van der Waals surface area contributed by atoms with Crippen molar-refractivity contribution in [2.24, 2.45) is 0 Å². The Morgan fingerprint density at radius 1 is 0.548 bits per heavy atom. The maximum Gasteiger partial charge on any atom is 0.112 e. The number of allylic oxidation sites excluding steroid dienone is 4.